The maximum Gasteiger partial charge on any atom is 0.132 e. The fourth-order valence-corrected chi connectivity index (χ4v) is 1.41. The molecule has 0 saturated carbocycles. The summed E-state index contributed by atoms with van der Waals surface area (Å²) in [5.74, 6) is 0.908. The highest BCUT2D eigenvalue weighted by Crippen LogP contribution is 2.13. The molecule has 1 atom stereocenters. The molecule has 2 heteroatoms. The van der Waals surface area contributed by atoms with E-state index in [-0.39, 0.29) is 6.10 Å². The summed E-state index contributed by atoms with van der Waals surface area (Å²) in [6.07, 6.45) is 6.15. The van der Waals surface area contributed by atoms with Gasteiger partial charge in [0.05, 0.1) is 6.26 Å². The van der Waals surface area contributed by atoms with Crippen LogP contribution in [-0.4, -0.2) is 12.7 Å². The second-order valence-corrected chi connectivity index (χ2v) is 3.33. The van der Waals surface area contributed by atoms with E-state index in [1.807, 2.05) is 36.4 Å². The van der Waals surface area contributed by atoms with Gasteiger partial charge in [-0.25, -0.2) is 0 Å². The van der Waals surface area contributed by atoms with Crippen molar-refractivity contribution in [1.29, 1.82) is 0 Å². The number of ether oxygens (including phenoxy) is 2. The molecule has 1 aromatic carbocycles. The van der Waals surface area contributed by atoms with Gasteiger partial charge in [0, 0.05) is 0 Å². The zero-order chi connectivity index (χ0) is 9.64. The standard InChI is InChI=1S/C12H14O2/c1-2-6-11(7-3-1)14-10-12-8-4-5-9-13-12/h1-3,5-7,9,12H,4,8,10H2. The normalized spacial score (nSPS) is 20.1. The molecule has 1 aromatic rings. The molecule has 1 unspecified atom stereocenters. The van der Waals surface area contributed by atoms with Crippen molar-refractivity contribution in [2.75, 3.05) is 6.61 Å². The number of para-hydroxylation sites is 1. The SMILES string of the molecule is C1=COC(COc2ccccc2)CC1. The first-order valence-corrected chi connectivity index (χ1v) is 4.93. The second-order valence-electron chi connectivity index (χ2n) is 3.33. The minimum absolute atomic E-state index is 0.209. The van der Waals surface area contributed by atoms with E-state index in [2.05, 4.69) is 0 Å². The molecule has 0 bridgehead atoms. The highest BCUT2D eigenvalue weighted by atomic mass is 16.5. The van der Waals surface area contributed by atoms with Crippen LogP contribution in [0.15, 0.2) is 42.7 Å². The topological polar surface area (TPSA) is 18.5 Å². The Morgan fingerprint density at radius 2 is 2.14 bits per heavy atom. The maximum absolute atomic E-state index is 5.59. The molecule has 74 valence electrons. The number of rotatable bonds is 3. The molecule has 0 aliphatic carbocycles. The Kier molecular flexibility index (Phi) is 3.06. The first-order valence-electron chi connectivity index (χ1n) is 4.93. The Labute approximate surface area is 84.2 Å². The van der Waals surface area contributed by atoms with Crippen LogP contribution in [0.1, 0.15) is 12.8 Å². The van der Waals surface area contributed by atoms with E-state index in [1.165, 1.54) is 0 Å². The summed E-state index contributed by atoms with van der Waals surface area (Å²) in [7, 11) is 0. The van der Waals surface area contributed by atoms with Gasteiger partial charge in [0.25, 0.3) is 0 Å². The van der Waals surface area contributed by atoms with Crippen molar-refractivity contribution in [2.24, 2.45) is 0 Å². The molecular formula is C12H14O2. The van der Waals surface area contributed by atoms with Crippen LogP contribution in [0.5, 0.6) is 5.75 Å². The van der Waals surface area contributed by atoms with Crippen LogP contribution in [0.25, 0.3) is 0 Å². The molecule has 0 fully saturated rings. The maximum atomic E-state index is 5.59. The summed E-state index contributed by atoms with van der Waals surface area (Å²) >= 11 is 0. The highest BCUT2D eigenvalue weighted by molar-refractivity contribution is 5.20. The summed E-state index contributed by atoms with van der Waals surface area (Å²) in [4.78, 5) is 0. The van der Waals surface area contributed by atoms with Gasteiger partial charge < -0.3 is 9.47 Å². The zero-order valence-electron chi connectivity index (χ0n) is 8.06. The quantitative estimate of drug-likeness (QED) is 0.729. The Morgan fingerprint density at radius 3 is 2.86 bits per heavy atom. The van der Waals surface area contributed by atoms with Crippen molar-refractivity contribution in [3.63, 3.8) is 0 Å². The Hall–Kier alpha value is -1.44. The Bertz CT molecular complexity index is 292. The third-order valence-corrected chi connectivity index (χ3v) is 2.20. The van der Waals surface area contributed by atoms with E-state index in [9.17, 15) is 0 Å². The summed E-state index contributed by atoms with van der Waals surface area (Å²) < 4.78 is 11.0. The lowest BCUT2D eigenvalue weighted by atomic mass is 10.2. The average molecular weight is 190 g/mol. The molecule has 1 aliphatic heterocycles. The monoisotopic (exact) mass is 190 g/mol. The molecule has 0 radical (unpaired) electrons. The van der Waals surface area contributed by atoms with Crippen LogP contribution >= 0.6 is 0 Å². The summed E-state index contributed by atoms with van der Waals surface area (Å²) in [6.45, 7) is 0.633. The molecular weight excluding hydrogens is 176 g/mol. The van der Waals surface area contributed by atoms with E-state index in [1.54, 1.807) is 6.26 Å². The van der Waals surface area contributed by atoms with Crippen LogP contribution < -0.4 is 4.74 Å². The van der Waals surface area contributed by atoms with Gasteiger partial charge in [0.2, 0.25) is 0 Å². The van der Waals surface area contributed by atoms with Crippen LogP contribution in [0.2, 0.25) is 0 Å². The van der Waals surface area contributed by atoms with Crippen LogP contribution in [0.4, 0.5) is 0 Å². The molecule has 0 amide bonds. The minimum atomic E-state index is 0.209. The number of hydrogen-bond acceptors (Lipinski definition) is 2. The van der Waals surface area contributed by atoms with Crippen molar-refractivity contribution >= 4 is 0 Å². The fourth-order valence-electron chi connectivity index (χ4n) is 1.41. The number of allylic oxidation sites excluding steroid dienone is 1. The van der Waals surface area contributed by atoms with Gasteiger partial charge in [-0.1, -0.05) is 18.2 Å². The van der Waals surface area contributed by atoms with Crippen molar-refractivity contribution in [2.45, 2.75) is 18.9 Å². The minimum Gasteiger partial charge on any atom is -0.495 e. The predicted octanol–water partition coefficient (Wildman–Crippen LogP) is 2.76. The molecule has 1 heterocycles. The summed E-state index contributed by atoms with van der Waals surface area (Å²) in [5, 5.41) is 0. The molecule has 2 nitrogen and oxygen atoms in total. The van der Waals surface area contributed by atoms with E-state index < -0.39 is 0 Å². The molecule has 0 aromatic heterocycles. The molecule has 2 rings (SSSR count). The van der Waals surface area contributed by atoms with Crippen molar-refractivity contribution in [3.8, 4) is 5.75 Å². The molecule has 0 spiro atoms. The van der Waals surface area contributed by atoms with Gasteiger partial charge in [-0.15, -0.1) is 0 Å². The Morgan fingerprint density at radius 1 is 1.29 bits per heavy atom. The lowest BCUT2D eigenvalue weighted by Gasteiger charge is -2.19. The van der Waals surface area contributed by atoms with Gasteiger partial charge >= 0.3 is 0 Å². The molecule has 1 aliphatic rings. The third kappa shape index (κ3) is 2.52. The second kappa shape index (κ2) is 4.70. The first kappa shape index (κ1) is 9.13. The lowest BCUT2D eigenvalue weighted by molar-refractivity contribution is 0.0732. The summed E-state index contributed by atoms with van der Waals surface area (Å²) in [5.41, 5.74) is 0. The zero-order valence-corrected chi connectivity index (χ0v) is 8.06. The summed E-state index contributed by atoms with van der Waals surface area (Å²) in [6, 6.07) is 9.83. The number of hydrogen-bond donors (Lipinski definition) is 0. The predicted molar refractivity (Wildman–Crippen MR) is 55.2 cm³/mol. The smallest absolute Gasteiger partial charge is 0.132 e. The fraction of sp³-hybridized carbons (Fsp3) is 0.333. The average Bonchev–Trinajstić information content (AvgIpc) is 2.29. The largest absolute Gasteiger partial charge is 0.495 e. The highest BCUT2D eigenvalue weighted by Gasteiger charge is 2.11. The van der Waals surface area contributed by atoms with E-state index in [0.717, 1.165) is 18.6 Å². The van der Waals surface area contributed by atoms with Crippen LogP contribution in [-0.2, 0) is 4.74 Å². The van der Waals surface area contributed by atoms with Crippen molar-refractivity contribution < 1.29 is 9.47 Å². The lowest BCUT2D eigenvalue weighted by Crippen LogP contribution is -2.21. The van der Waals surface area contributed by atoms with Crippen LogP contribution in [0, 0.1) is 0 Å². The molecule has 0 saturated heterocycles. The van der Waals surface area contributed by atoms with Gasteiger partial charge in [-0.2, -0.15) is 0 Å². The van der Waals surface area contributed by atoms with Gasteiger partial charge in [-0.05, 0) is 31.1 Å². The van der Waals surface area contributed by atoms with E-state index >= 15 is 0 Å². The van der Waals surface area contributed by atoms with Crippen molar-refractivity contribution in [3.05, 3.63) is 42.7 Å². The molecule has 14 heavy (non-hydrogen) atoms. The van der Waals surface area contributed by atoms with E-state index in [0.29, 0.717) is 6.61 Å². The van der Waals surface area contributed by atoms with Gasteiger partial charge in [0.1, 0.15) is 18.5 Å². The molecule has 0 N–H and O–H groups in total. The van der Waals surface area contributed by atoms with Gasteiger partial charge in [-0.3, -0.25) is 0 Å². The third-order valence-electron chi connectivity index (χ3n) is 2.20. The van der Waals surface area contributed by atoms with Gasteiger partial charge in [0.15, 0.2) is 0 Å². The first-order chi connectivity index (χ1) is 6.95. The van der Waals surface area contributed by atoms with Crippen LogP contribution in [0.3, 0.4) is 0 Å². The Balaban J connectivity index is 1.80. The number of benzene rings is 1. The van der Waals surface area contributed by atoms with Crippen molar-refractivity contribution in [1.82, 2.24) is 0 Å². The van der Waals surface area contributed by atoms with E-state index in [4.69, 9.17) is 9.47 Å².